The highest BCUT2D eigenvalue weighted by Crippen LogP contribution is 2.42. The van der Waals surface area contributed by atoms with Gasteiger partial charge in [0.2, 0.25) is 0 Å². The molecule has 0 saturated carbocycles. The molecule has 0 spiro atoms. The van der Waals surface area contributed by atoms with Crippen LogP contribution in [-0.2, 0) is 6.42 Å². The van der Waals surface area contributed by atoms with Crippen LogP contribution in [0, 0.1) is 0 Å². The summed E-state index contributed by atoms with van der Waals surface area (Å²) in [6.45, 7) is 1.92. The molecule has 0 atom stereocenters. The fraction of sp³-hybridized carbons (Fsp3) is 0.0870. The molecule has 4 aromatic carbocycles. The molecule has 0 aromatic heterocycles. The molecule has 0 aliphatic heterocycles. The maximum absolute atomic E-state index is 11.9. The molecule has 0 saturated heterocycles. The van der Waals surface area contributed by atoms with Gasteiger partial charge in [0.15, 0.2) is 0 Å². The highest BCUT2D eigenvalue weighted by atomic mass is 16.4. The van der Waals surface area contributed by atoms with E-state index in [1.807, 2.05) is 73.7 Å². The van der Waals surface area contributed by atoms with Crippen LogP contribution in [0.25, 0.3) is 32.7 Å². The Morgan fingerprint density at radius 3 is 2.04 bits per heavy atom. The van der Waals surface area contributed by atoms with E-state index >= 15 is 0 Å². The summed E-state index contributed by atoms with van der Waals surface area (Å²) in [6, 6.07) is 21.6. The third-order valence-electron chi connectivity index (χ3n) is 4.88. The molecule has 0 aliphatic carbocycles. The standard InChI is InChI=1S/C23H18O3/c1-2-17-20(14-8-4-3-5-9-14)18-12-15-10-6-7-11-16(15)13-19(18)22(24)21(17)23(25)26/h3-13,24H,2H2,1H3,(H,25,26). The average molecular weight is 342 g/mol. The lowest BCUT2D eigenvalue weighted by Crippen LogP contribution is -2.05. The van der Waals surface area contributed by atoms with Gasteiger partial charge in [-0.2, -0.15) is 0 Å². The summed E-state index contributed by atoms with van der Waals surface area (Å²) in [7, 11) is 0. The van der Waals surface area contributed by atoms with Crippen LogP contribution < -0.4 is 0 Å². The third kappa shape index (κ3) is 2.40. The maximum Gasteiger partial charge on any atom is 0.339 e. The fourth-order valence-electron chi connectivity index (χ4n) is 3.73. The van der Waals surface area contributed by atoms with Gasteiger partial charge in [-0.05, 0) is 51.4 Å². The number of phenols is 1. The number of hydrogen-bond donors (Lipinski definition) is 2. The highest BCUT2D eigenvalue weighted by Gasteiger charge is 2.23. The van der Waals surface area contributed by atoms with Gasteiger partial charge in [-0.25, -0.2) is 4.79 Å². The van der Waals surface area contributed by atoms with Crippen molar-refractivity contribution in [3.63, 3.8) is 0 Å². The van der Waals surface area contributed by atoms with Gasteiger partial charge in [0, 0.05) is 5.39 Å². The van der Waals surface area contributed by atoms with E-state index in [0.717, 1.165) is 27.3 Å². The predicted octanol–water partition coefficient (Wildman–Crippen LogP) is 5.63. The van der Waals surface area contributed by atoms with Crippen LogP contribution >= 0.6 is 0 Å². The topological polar surface area (TPSA) is 57.5 Å². The smallest absolute Gasteiger partial charge is 0.339 e. The molecule has 4 rings (SSSR count). The maximum atomic E-state index is 11.9. The van der Waals surface area contributed by atoms with Crippen molar-refractivity contribution in [1.29, 1.82) is 0 Å². The summed E-state index contributed by atoms with van der Waals surface area (Å²) < 4.78 is 0. The average Bonchev–Trinajstić information content (AvgIpc) is 2.66. The lowest BCUT2D eigenvalue weighted by Gasteiger charge is -2.18. The molecule has 0 bridgehead atoms. The predicted molar refractivity (Wildman–Crippen MR) is 105 cm³/mol. The molecule has 0 amide bonds. The zero-order valence-corrected chi connectivity index (χ0v) is 14.4. The van der Waals surface area contributed by atoms with Crippen molar-refractivity contribution in [2.24, 2.45) is 0 Å². The van der Waals surface area contributed by atoms with Gasteiger partial charge in [0.1, 0.15) is 11.3 Å². The lowest BCUT2D eigenvalue weighted by molar-refractivity contribution is 0.0693. The number of carbonyl (C=O) groups is 1. The first-order chi connectivity index (χ1) is 12.6. The van der Waals surface area contributed by atoms with Gasteiger partial charge in [-0.15, -0.1) is 0 Å². The number of hydrogen-bond acceptors (Lipinski definition) is 2. The Labute approximate surface area is 151 Å². The second-order valence-electron chi connectivity index (χ2n) is 6.35. The van der Waals surface area contributed by atoms with Crippen LogP contribution in [0.1, 0.15) is 22.8 Å². The van der Waals surface area contributed by atoms with E-state index in [1.54, 1.807) is 0 Å². The molecule has 2 N–H and O–H groups in total. The van der Waals surface area contributed by atoms with Gasteiger partial charge in [-0.1, -0.05) is 61.5 Å². The number of rotatable bonds is 3. The first kappa shape index (κ1) is 16.2. The Hall–Kier alpha value is -3.33. The molecular weight excluding hydrogens is 324 g/mol. The molecule has 0 heterocycles. The van der Waals surface area contributed by atoms with Gasteiger partial charge in [0.25, 0.3) is 0 Å². The zero-order valence-electron chi connectivity index (χ0n) is 14.4. The lowest BCUT2D eigenvalue weighted by atomic mass is 9.86. The number of carboxylic acid groups (broad SMARTS) is 1. The van der Waals surface area contributed by atoms with Crippen LogP contribution in [-0.4, -0.2) is 16.2 Å². The van der Waals surface area contributed by atoms with Crippen molar-refractivity contribution in [1.82, 2.24) is 0 Å². The number of aromatic carboxylic acids is 1. The molecule has 3 heteroatoms. The Morgan fingerprint density at radius 2 is 1.46 bits per heavy atom. The summed E-state index contributed by atoms with van der Waals surface area (Å²) in [6.07, 6.45) is 0.516. The minimum absolute atomic E-state index is 0.00543. The molecular formula is C23H18O3. The van der Waals surface area contributed by atoms with Crippen LogP contribution in [0.5, 0.6) is 5.75 Å². The summed E-state index contributed by atoms with van der Waals surface area (Å²) in [5.41, 5.74) is 2.48. The minimum atomic E-state index is -1.11. The van der Waals surface area contributed by atoms with Crippen LogP contribution in [0.15, 0.2) is 66.7 Å². The van der Waals surface area contributed by atoms with Crippen LogP contribution in [0.2, 0.25) is 0 Å². The van der Waals surface area contributed by atoms with E-state index in [4.69, 9.17) is 0 Å². The molecule has 0 fully saturated rings. The number of benzene rings is 4. The number of carboxylic acids is 1. The van der Waals surface area contributed by atoms with Gasteiger partial charge >= 0.3 is 5.97 Å². The van der Waals surface area contributed by atoms with E-state index in [-0.39, 0.29) is 11.3 Å². The minimum Gasteiger partial charge on any atom is -0.506 e. The third-order valence-corrected chi connectivity index (χ3v) is 4.88. The molecule has 26 heavy (non-hydrogen) atoms. The van der Waals surface area contributed by atoms with E-state index in [2.05, 4.69) is 0 Å². The van der Waals surface area contributed by atoms with Crippen molar-refractivity contribution >= 4 is 27.5 Å². The Kier molecular flexibility index (Phi) is 3.85. The quantitative estimate of drug-likeness (QED) is 0.475. The summed E-state index contributed by atoms with van der Waals surface area (Å²) in [4.78, 5) is 11.9. The first-order valence-corrected chi connectivity index (χ1v) is 8.60. The number of aromatic hydroxyl groups is 1. The molecule has 0 unspecified atom stereocenters. The van der Waals surface area contributed by atoms with Crippen molar-refractivity contribution in [2.75, 3.05) is 0 Å². The molecule has 128 valence electrons. The van der Waals surface area contributed by atoms with Gasteiger partial charge < -0.3 is 10.2 Å². The van der Waals surface area contributed by atoms with Crippen molar-refractivity contribution in [3.05, 3.63) is 77.9 Å². The van der Waals surface area contributed by atoms with Crippen LogP contribution in [0.4, 0.5) is 0 Å². The van der Waals surface area contributed by atoms with Crippen molar-refractivity contribution in [3.8, 4) is 16.9 Å². The number of fused-ring (bicyclic) bond motifs is 2. The molecule has 0 radical (unpaired) electrons. The van der Waals surface area contributed by atoms with Crippen molar-refractivity contribution < 1.29 is 15.0 Å². The van der Waals surface area contributed by atoms with E-state index in [1.165, 1.54) is 0 Å². The van der Waals surface area contributed by atoms with E-state index < -0.39 is 5.97 Å². The Balaban J connectivity index is 2.26. The molecule has 4 aromatic rings. The first-order valence-electron chi connectivity index (χ1n) is 8.60. The summed E-state index contributed by atoms with van der Waals surface area (Å²) in [5, 5.41) is 24.0. The monoisotopic (exact) mass is 342 g/mol. The fourth-order valence-corrected chi connectivity index (χ4v) is 3.73. The Bertz CT molecular complexity index is 1140. The SMILES string of the molecule is CCc1c(C(=O)O)c(O)c2cc3ccccc3cc2c1-c1ccccc1. The normalized spacial score (nSPS) is 11.1. The summed E-state index contributed by atoms with van der Waals surface area (Å²) >= 11 is 0. The second kappa shape index (κ2) is 6.19. The zero-order chi connectivity index (χ0) is 18.3. The van der Waals surface area contributed by atoms with Gasteiger partial charge in [-0.3, -0.25) is 0 Å². The van der Waals surface area contributed by atoms with E-state index in [9.17, 15) is 15.0 Å². The van der Waals surface area contributed by atoms with E-state index in [0.29, 0.717) is 17.4 Å². The van der Waals surface area contributed by atoms with Gasteiger partial charge in [0.05, 0.1) is 0 Å². The second-order valence-corrected chi connectivity index (χ2v) is 6.35. The van der Waals surface area contributed by atoms with Crippen molar-refractivity contribution in [2.45, 2.75) is 13.3 Å². The largest absolute Gasteiger partial charge is 0.506 e. The van der Waals surface area contributed by atoms with Crippen LogP contribution in [0.3, 0.4) is 0 Å². The molecule has 3 nitrogen and oxygen atoms in total. The Morgan fingerprint density at radius 1 is 0.885 bits per heavy atom. The summed E-state index contributed by atoms with van der Waals surface area (Å²) in [5.74, 6) is -1.26. The highest BCUT2D eigenvalue weighted by molar-refractivity contribution is 6.13. The molecule has 0 aliphatic rings.